The monoisotopic (exact) mass is 391 g/mol. The zero-order valence-corrected chi connectivity index (χ0v) is 16.6. The first kappa shape index (κ1) is 18.9. The fourth-order valence-electron chi connectivity index (χ4n) is 4.30. The Balaban J connectivity index is 1.23. The molecule has 0 spiro atoms. The van der Waals surface area contributed by atoms with Gasteiger partial charge in [0, 0.05) is 43.1 Å². The SMILES string of the molecule is O=C(Cc1cccs1)NC[C@@H]1CN(C2CCN(C3CCC3)CC2)C(=O)CO1. The largest absolute Gasteiger partial charge is 0.365 e. The van der Waals surface area contributed by atoms with E-state index in [4.69, 9.17) is 4.74 Å². The maximum atomic E-state index is 12.4. The minimum atomic E-state index is -0.111. The molecule has 3 aliphatic rings. The van der Waals surface area contributed by atoms with Gasteiger partial charge in [0.1, 0.15) is 6.61 Å². The third-order valence-electron chi connectivity index (χ3n) is 6.14. The average Bonchev–Trinajstić information content (AvgIpc) is 3.13. The first-order valence-corrected chi connectivity index (χ1v) is 11.0. The van der Waals surface area contributed by atoms with Crippen LogP contribution in [0.3, 0.4) is 0 Å². The molecule has 1 aromatic heterocycles. The van der Waals surface area contributed by atoms with Gasteiger partial charge in [0.25, 0.3) is 0 Å². The summed E-state index contributed by atoms with van der Waals surface area (Å²) in [6.07, 6.45) is 6.46. The van der Waals surface area contributed by atoms with Gasteiger partial charge in [-0.1, -0.05) is 12.5 Å². The second kappa shape index (κ2) is 8.71. The lowest BCUT2D eigenvalue weighted by Gasteiger charge is -2.45. The number of amides is 2. The molecule has 0 radical (unpaired) electrons. The number of hydrogen-bond acceptors (Lipinski definition) is 5. The summed E-state index contributed by atoms with van der Waals surface area (Å²) < 4.78 is 5.67. The van der Waals surface area contributed by atoms with Crippen molar-refractivity contribution in [1.29, 1.82) is 0 Å². The molecule has 2 aliphatic heterocycles. The van der Waals surface area contributed by atoms with Crippen LogP contribution in [-0.4, -0.2) is 72.6 Å². The summed E-state index contributed by atoms with van der Waals surface area (Å²) in [5, 5.41) is 4.94. The van der Waals surface area contributed by atoms with Gasteiger partial charge in [0.15, 0.2) is 0 Å². The molecule has 1 aliphatic carbocycles. The molecule has 4 rings (SSSR count). The summed E-state index contributed by atoms with van der Waals surface area (Å²) >= 11 is 1.59. The molecule has 1 aromatic rings. The topological polar surface area (TPSA) is 61.9 Å². The molecule has 0 unspecified atom stereocenters. The summed E-state index contributed by atoms with van der Waals surface area (Å²) in [5.74, 6) is 0.108. The normalized spacial score (nSPS) is 25.4. The predicted octanol–water partition coefficient (Wildman–Crippen LogP) is 1.65. The van der Waals surface area contributed by atoms with Gasteiger partial charge in [-0.15, -0.1) is 11.3 Å². The molecule has 1 N–H and O–H groups in total. The molecule has 2 saturated heterocycles. The van der Waals surface area contributed by atoms with Gasteiger partial charge < -0.3 is 19.9 Å². The molecule has 7 heteroatoms. The maximum absolute atomic E-state index is 12.4. The number of nitrogens with one attached hydrogen (secondary N) is 1. The van der Waals surface area contributed by atoms with Gasteiger partial charge in [0.05, 0.1) is 12.5 Å². The molecular weight excluding hydrogens is 362 g/mol. The van der Waals surface area contributed by atoms with E-state index in [1.54, 1.807) is 11.3 Å². The van der Waals surface area contributed by atoms with Crippen LogP contribution in [-0.2, 0) is 20.7 Å². The van der Waals surface area contributed by atoms with Crippen molar-refractivity contribution in [3.8, 4) is 0 Å². The van der Waals surface area contributed by atoms with Crippen LogP contribution in [0.5, 0.6) is 0 Å². The molecule has 2 amide bonds. The van der Waals surface area contributed by atoms with Crippen LogP contribution < -0.4 is 5.32 Å². The van der Waals surface area contributed by atoms with E-state index >= 15 is 0 Å². The lowest BCUT2D eigenvalue weighted by Crippen LogP contribution is -2.57. The zero-order chi connectivity index (χ0) is 18.6. The van der Waals surface area contributed by atoms with Crippen LogP contribution >= 0.6 is 11.3 Å². The van der Waals surface area contributed by atoms with Crippen LogP contribution in [0.2, 0.25) is 0 Å². The van der Waals surface area contributed by atoms with E-state index in [1.807, 2.05) is 22.4 Å². The number of rotatable bonds is 6. The third-order valence-corrected chi connectivity index (χ3v) is 7.01. The molecule has 0 bridgehead atoms. The Kier molecular flexibility index (Phi) is 6.10. The summed E-state index contributed by atoms with van der Waals surface area (Å²) in [6, 6.07) is 5.04. The van der Waals surface area contributed by atoms with Crippen molar-refractivity contribution in [1.82, 2.24) is 15.1 Å². The highest BCUT2D eigenvalue weighted by molar-refractivity contribution is 7.10. The highest BCUT2D eigenvalue weighted by Gasteiger charge is 2.35. The quantitative estimate of drug-likeness (QED) is 0.801. The summed E-state index contributed by atoms with van der Waals surface area (Å²) in [7, 11) is 0. The zero-order valence-electron chi connectivity index (χ0n) is 15.8. The number of nitrogens with zero attached hydrogens (tertiary/aromatic N) is 2. The molecule has 148 valence electrons. The van der Waals surface area contributed by atoms with Crippen molar-refractivity contribution < 1.29 is 14.3 Å². The number of thiophene rings is 1. The lowest BCUT2D eigenvalue weighted by atomic mass is 9.89. The van der Waals surface area contributed by atoms with Crippen molar-refractivity contribution in [3.05, 3.63) is 22.4 Å². The number of likely N-dealkylation sites (tertiary alicyclic amines) is 1. The van der Waals surface area contributed by atoms with E-state index in [9.17, 15) is 9.59 Å². The molecule has 1 saturated carbocycles. The number of hydrogen-bond donors (Lipinski definition) is 1. The Labute approximate surface area is 164 Å². The molecule has 6 nitrogen and oxygen atoms in total. The van der Waals surface area contributed by atoms with Crippen molar-refractivity contribution in [2.24, 2.45) is 0 Å². The summed E-state index contributed by atoms with van der Waals surface area (Å²) in [6.45, 7) is 3.39. The average molecular weight is 392 g/mol. The highest BCUT2D eigenvalue weighted by atomic mass is 32.1. The van der Waals surface area contributed by atoms with Crippen molar-refractivity contribution in [2.45, 2.75) is 56.7 Å². The molecule has 1 atom stereocenters. The second-order valence-corrected chi connectivity index (χ2v) is 8.92. The summed E-state index contributed by atoms with van der Waals surface area (Å²) in [5.41, 5.74) is 0. The number of piperidine rings is 1. The van der Waals surface area contributed by atoms with E-state index < -0.39 is 0 Å². The van der Waals surface area contributed by atoms with Gasteiger partial charge in [-0.25, -0.2) is 0 Å². The van der Waals surface area contributed by atoms with Gasteiger partial charge in [0.2, 0.25) is 11.8 Å². The van der Waals surface area contributed by atoms with Crippen LogP contribution in [0.25, 0.3) is 0 Å². The Morgan fingerprint density at radius 1 is 1.22 bits per heavy atom. The van der Waals surface area contributed by atoms with E-state index in [1.165, 1.54) is 19.3 Å². The van der Waals surface area contributed by atoms with Gasteiger partial charge in [-0.2, -0.15) is 0 Å². The first-order chi connectivity index (χ1) is 13.2. The molecular formula is C20H29N3O3S. The number of carbonyl (C=O) groups excluding carboxylic acids is 2. The molecule has 0 aromatic carbocycles. The van der Waals surface area contributed by atoms with E-state index in [-0.39, 0.29) is 24.5 Å². The van der Waals surface area contributed by atoms with Crippen molar-refractivity contribution in [3.63, 3.8) is 0 Å². The minimum absolute atomic E-state index is 0.0123. The van der Waals surface area contributed by atoms with E-state index in [0.717, 1.165) is 36.9 Å². The van der Waals surface area contributed by atoms with Crippen molar-refractivity contribution in [2.75, 3.05) is 32.8 Å². The van der Waals surface area contributed by atoms with E-state index in [2.05, 4.69) is 10.2 Å². The van der Waals surface area contributed by atoms with Gasteiger partial charge in [-0.05, 0) is 37.1 Å². The fraction of sp³-hybridized carbons (Fsp3) is 0.700. The molecule has 3 heterocycles. The number of ether oxygens (including phenoxy) is 1. The highest BCUT2D eigenvalue weighted by Crippen LogP contribution is 2.29. The molecule has 27 heavy (non-hydrogen) atoms. The Bertz CT molecular complexity index is 639. The standard InChI is InChI=1S/C20H29N3O3S/c24-19(11-18-5-2-10-27-18)21-12-17-13-23(20(25)14-26-17)16-6-8-22(9-7-16)15-3-1-4-15/h2,5,10,15-17H,1,3-4,6-9,11-14H2,(H,21,24)/t17-/m1/s1. The first-order valence-electron chi connectivity index (χ1n) is 10.1. The Morgan fingerprint density at radius 3 is 2.70 bits per heavy atom. The minimum Gasteiger partial charge on any atom is -0.365 e. The lowest BCUT2D eigenvalue weighted by molar-refractivity contribution is -0.153. The van der Waals surface area contributed by atoms with Crippen molar-refractivity contribution >= 4 is 23.2 Å². The van der Waals surface area contributed by atoms with Crippen LogP contribution in [0.4, 0.5) is 0 Å². The number of carbonyl (C=O) groups is 2. The Hall–Kier alpha value is -1.44. The summed E-state index contributed by atoms with van der Waals surface area (Å²) in [4.78, 5) is 30.1. The molecule has 3 fully saturated rings. The van der Waals surface area contributed by atoms with Crippen LogP contribution in [0.15, 0.2) is 17.5 Å². The van der Waals surface area contributed by atoms with Gasteiger partial charge in [-0.3, -0.25) is 9.59 Å². The Morgan fingerprint density at radius 2 is 2.04 bits per heavy atom. The third kappa shape index (κ3) is 4.70. The maximum Gasteiger partial charge on any atom is 0.248 e. The van der Waals surface area contributed by atoms with E-state index in [0.29, 0.717) is 25.6 Å². The number of morpholine rings is 1. The smallest absolute Gasteiger partial charge is 0.248 e. The second-order valence-electron chi connectivity index (χ2n) is 7.89. The van der Waals surface area contributed by atoms with Crippen LogP contribution in [0, 0.1) is 0 Å². The predicted molar refractivity (Wildman–Crippen MR) is 105 cm³/mol. The van der Waals surface area contributed by atoms with Crippen LogP contribution in [0.1, 0.15) is 37.0 Å². The van der Waals surface area contributed by atoms with Gasteiger partial charge >= 0.3 is 0 Å². The fourth-order valence-corrected chi connectivity index (χ4v) is 5.00.